The molecule has 0 fully saturated rings. The van der Waals surface area contributed by atoms with E-state index in [2.05, 4.69) is 5.32 Å². The van der Waals surface area contributed by atoms with Gasteiger partial charge in [0.25, 0.3) is 0 Å². The van der Waals surface area contributed by atoms with Gasteiger partial charge < -0.3 is 15.5 Å². The first-order valence-electron chi connectivity index (χ1n) is 5.70. The van der Waals surface area contributed by atoms with Gasteiger partial charge in [0.1, 0.15) is 11.8 Å². The molecule has 0 heterocycles. The number of hydrogen-bond donors (Lipinski definition) is 3. The van der Waals surface area contributed by atoms with E-state index >= 15 is 0 Å². The van der Waals surface area contributed by atoms with Crippen molar-refractivity contribution in [1.82, 2.24) is 5.32 Å². The van der Waals surface area contributed by atoms with E-state index in [4.69, 9.17) is 10.2 Å². The molecule has 0 saturated carbocycles. The van der Waals surface area contributed by atoms with Crippen molar-refractivity contribution in [2.45, 2.75) is 26.3 Å². The van der Waals surface area contributed by atoms with Crippen LogP contribution in [-0.2, 0) is 16.0 Å². The summed E-state index contributed by atoms with van der Waals surface area (Å²) in [6.45, 7) is 3.47. The number of nitrogens with one attached hydrogen (secondary N) is 1. The van der Waals surface area contributed by atoms with Crippen LogP contribution in [0.15, 0.2) is 24.3 Å². The molecule has 1 aromatic rings. The zero-order chi connectivity index (χ0) is 13.7. The van der Waals surface area contributed by atoms with Crippen molar-refractivity contribution < 1.29 is 19.8 Å². The molecule has 1 amide bonds. The number of phenols is 1. The molecule has 5 heteroatoms. The first kappa shape index (κ1) is 14.0. The Kier molecular flexibility index (Phi) is 4.71. The van der Waals surface area contributed by atoms with E-state index < -0.39 is 12.0 Å². The second-order valence-corrected chi connectivity index (χ2v) is 4.47. The van der Waals surface area contributed by atoms with Crippen LogP contribution in [0.2, 0.25) is 0 Å². The summed E-state index contributed by atoms with van der Waals surface area (Å²) < 4.78 is 0. The molecular weight excluding hydrogens is 234 g/mol. The lowest BCUT2D eigenvalue weighted by Gasteiger charge is -2.17. The highest BCUT2D eigenvalue weighted by Crippen LogP contribution is 2.10. The fourth-order valence-corrected chi connectivity index (χ4v) is 1.54. The summed E-state index contributed by atoms with van der Waals surface area (Å²) in [6.07, 6.45) is 0.0940. The number of phenolic OH excluding ortho intramolecular Hbond substituents is 1. The van der Waals surface area contributed by atoms with E-state index in [0.29, 0.717) is 0 Å². The summed E-state index contributed by atoms with van der Waals surface area (Å²) in [6, 6.07) is 5.34. The Morgan fingerprint density at radius 2 is 1.78 bits per heavy atom. The molecule has 0 aliphatic carbocycles. The van der Waals surface area contributed by atoms with Crippen LogP contribution in [0.3, 0.4) is 0 Å². The van der Waals surface area contributed by atoms with Crippen LogP contribution in [0.5, 0.6) is 5.75 Å². The van der Waals surface area contributed by atoms with E-state index in [0.717, 1.165) is 5.56 Å². The molecule has 0 bridgehead atoms. The maximum Gasteiger partial charge on any atom is 0.326 e. The lowest BCUT2D eigenvalue weighted by molar-refractivity contribution is -0.143. The van der Waals surface area contributed by atoms with E-state index in [1.165, 1.54) is 12.1 Å². The summed E-state index contributed by atoms with van der Waals surface area (Å²) in [5, 5.41) is 20.5. The Morgan fingerprint density at radius 3 is 2.22 bits per heavy atom. The van der Waals surface area contributed by atoms with Gasteiger partial charge in [-0.1, -0.05) is 26.0 Å². The van der Waals surface area contributed by atoms with E-state index in [9.17, 15) is 9.59 Å². The molecule has 3 N–H and O–H groups in total. The minimum absolute atomic E-state index is 0.0940. The van der Waals surface area contributed by atoms with E-state index in [1.807, 2.05) is 0 Å². The molecule has 1 rings (SSSR count). The third-order valence-corrected chi connectivity index (χ3v) is 2.55. The second-order valence-electron chi connectivity index (χ2n) is 4.47. The smallest absolute Gasteiger partial charge is 0.326 e. The number of carbonyl (C=O) groups excluding carboxylic acids is 1. The minimum atomic E-state index is -1.04. The summed E-state index contributed by atoms with van der Waals surface area (Å²) >= 11 is 0. The van der Waals surface area contributed by atoms with Gasteiger partial charge in [-0.15, -0.1) is 0 Å². The van der Waals surface area contributed by atoms with Crippen LogP contribution in [0.4, 0.5) is 0 Å². The fourth-order valence-electron chi connectivity index (χ4n) is 1.54. The fraction of sp³-hybridized carbons (Fsp3) is 0.385. The average Bonchev–Trinajstić information content (AvgIpc) is 2.28. The van der Waals surface area contributed by atoms with Gasteiger partial charge in [-0.25, -0.2) is 4.79 Å². The zero-order valence-corrected chi connectivity index (χ0v) is 10.4. The molecule has 1 aromatic carbocycles. The van der Waals surface area contributed by atoms with Gasteiger partial charge in [-0.2, -0.15) is 0 Å². The lowest BCUT2D eigenvalue weighted by Crippen LogP contribution is -2.44. The molecule has 5 nitrogen and oxygen atoms in total. The SMILES string of the molecule is CC(C)[C@@H](NC(=O)Cc1ccc(O)cc1)C(=O)O. The van der Waals surface area contributed by atoms with Crippen LogP contribution < -0.4 is 5.32 Å². The Morgan fingerprint density at radius 1 is 1.22 bits per heavy atom. The first-order valence-corrected chi connectivity index (χ1v) is 5.70. The normalized spacial score (nSPS) is 12.2. The molecule has 0 aromatic heterocycles. The monoisotopic (exact) mass is 251 g/mol. The molecule has 0 spiro atoms. The summed E-state index contributed by atoms with van der Waals surface area (Å²) in [4.78, 5) is 22.6. The van der Waals surface area contributed by atoms with Crippen LogP contribution >= 0.6 is 0 Å². The highest BCUT2D eigenvalue weighted by atomic mass is 16.4. The molecule has 18 heavy (non-hydrogen) atoms. The third-order valence-electron chi connectivity index (χ3n) is 2.55. The molecule has 0 saturated heterocycles. The van der Waals surface area contributed by atoms with Gasteiger partial charge in [0.15, 0.2) is 0 Å². The van der Waals surface area contributed by atoms with Crippen molar-refractivity contribution in [2.75, 3.05) is 0 Å². The number of aromatic hydroxyl groups is 1. The number of aliphatic carboxylic acids is 1. The number of carboxylic acids is 1. The van der Waals surface area contributed by atoms with Gasteiger partial charge in [0.2, 0.25) is 5.91 Å². The average molecular weight is 251 g/mol. The largest absolute Gasteiger partial charge is 0.508 e. The van der Waals surface area contributed by atoms with Gasteiger partial charge in [0, 0.05) is 0 Å². The summed E-state index contributed by atoms with van der Waals surface area (Å²) in [7, 11) is 0. The van der Waals surface area contributed by atoms with Crippen LogP contribution in [0, 0.1) is 5.92 Å². The first-order chi connectivity index (χ1) is 8.40. The molecule has 0 radical (unpaired) electrons. The van der Waals surface area contributed by atoms with E-state index in [1.54, 1.807) is 26.0 Å². The number of rotatable bonds is 5. The maximum atomic E-state index is 11.7. The third kappa shape index (κ3) is 4.08. The number of benzene rings is 1. The highest BCUT2D eigenvalue weighted by molar-refractivity contribution is 5.85. The van der Waals surface area contributed by atoms with E-state index in [-0.39, 0.29) is 24.0 Å². The lowest BCUT2D eigenvalue weighted by atomic mass is 10.0. The molecular formula is C13H17NO4. The Labute approximate surface area is 105 Å². The molecule has 0 unspecified atom stereocenters. The van der Waals surface area contributed by atoms with Crippen molar-refractivity contribution in [2.24, 2.45) is 5.92 Å². The summed E-state index contributed by atoms with van der Waals surface area (Å²) in [5.41, 5.74) is 0.721. The Bertz CT molecular complexity index is 425. The molecule has 98 valence electrons. The molecule has 1 atom stereocenters. The van der Waals surface area contributed by atoms with Crippen molar-refractivity contribution >= 4 is 11.9 Å². The standard InChI is InChI=1S/C13H17NO4/c1-8(2)12(13(17)18)14-11(16)7-9-3-5-10(15)6-4-9/h3-6,8,12,15H,7H2,1-2H3,(H,14,16)(H,17,18)/t12-/m1/s1. The van der Waals surface area contributed by atoms with Gasteiger partial charge in [0.05, 0.1) is 6.42 Å². The van der Waals surface area contributed by atoms with Gasteiger partial charge in [-0.05, 0) is 23.6 Å². The van der Waals surface area contributed by atoms with Crippen LogP contribution in [-0.4, -0.2) is 28.1 Å². The topological polar surface area (TPSA) is 86.6 Å². The van der Waals surface area contributed by atoms with Crippen LogP contribution in [0.25, 0.3) is 0 Å². The Balaban J connectivity index is 2.60. The molecule has 0 aliphatic heterocycles. The van der Waals surface area contributed by atoms with Crippen molar-refractivity contribution in [3.63, 3.8) is 0 Å². The number of hydrogen-bond acceptors (Lipinski definition) is 3. The van der Waals surface area contributed by atoms with Crippen molar-refractivity contribution in [3.05, 3.63) is 29.8 Å². The minimum Gasteiger partial charge on any atom is -0.508 e. The Hall–Kier alpha value is -2.04. The van der Waals surface area contributed by atoms with Crippen molar-refractivity contribution in [1.29, 1.82) is 0 Å². The predicted octanol–water partition coefficient (Wildman–Crippen LogP) is 1.16. The van der Waals surface area contributed by atoms with Gasteiger partial charge >= 0.3 is 5.97 Å². The van der Waals surface area contributed by atoms with Gasteiger partial charge in [-0.3, -0.25) is 4.79 Å². The highest BCUT2D eigenvalue weighted by Gasteiger charge is 2.23. The second kappa shape index (κ2) is 6.05. The number of amides is 1. The van der Waals surface area contributed by atoms with Crippen molar-refractivity contribution in [3.8, 4) is 5.75 Å². The quantitative estimate of drug-likeness (QED) is 0.733. The summed E-state index contributed by atoms with van der Waals surface area (Å²) in [5.74, 6) is -1.43. The number of carbonyl (C=O) groups is 2. The molecule has 0 aliphatic rings. The number of carboxylic acid groups (broad SMARTS) is 1. The van der Waals surface area contributed by atoms with Crippen LogP contribution in [0.1, 0.15) is 19.4 Å². The predicted molar refractivity (Wildman–Crippen MR) is 66.2 cm³/mol. The maximum absolute atomic E-state index is 11.7. The zero-order valence-electron chi connectivity index (χ0n) is 10.4.